The largest absolute Gasteiger partial charge is 0.373 e. The summed E-state index contributed by atoms with van der Waals surface area (Å²) in [6.07, 6.45) is -0.107. The van der Waals surface area contributed by atoms with Crippen LogP contribution in [0.4, 0.5) is 0 Å². The highest BCUT2D eigenvalue weighted by molar-refractivity contribution is 5.95. The van der Waals surface area contributed by atoms with E-state index in [4.69, 9.17) is 10.00 Å². The number of hydrogen-bond donors (Lipinski definition) is 0. The Hall–Kier alpha value is -2.68. The number of nitrogens with zero attached hydrogens (tertiary/aromatic N) is 3. The molecule has 0 unspecified atom stereocenters. The van der Waals surface area contributed by atoms with Crippen molar-refractivity contribution in [3.8, 4) is 6.07 Å². The van der Waals surface area contributed by atoms with Crippen molar-refractivity contribution < 1.29 is 9.53 Å². The molecular weight excluding hydrogens is 326 g/mol. The molecule has 0 bridgehead atoms. The van der Waals surface area contributed by atoms with E-state index in [-0.39, 0.29) is 18.1 Å². The van der Waals surface area contributed by atoms with E-state index in [9.17, 15) is 4.79 Å². The molecule has 1 heterocycles. The fourth-order valence-corrected chi connectivity index (χ4v) is 3.41. The Balaban J connectivity index is 1.96. The fourth-order valence-electron chi connectivity index (χ4n) is 3.41. The molecule has 0 saturated carbocycles. The molecule has 0 aliphatic carbocycles. The normalized spacial score (nSPS) is 20.0. The second-order valence-corrected chi connectivity index (χ2v) is 6.72. The van der Waals surface area contributed by atoms with Crippen molar-refractivity contribution in [3.05, 3.63) is 71.3 Å². The van der Waals surface area contributed by atoms with Gasteiger partial charge in [0.2, 0.25) is 0 Å². The van der Waals surface area contributed by atoms with Crippen LogP contribution in [0.5, 0.6) is 0 Å². The maximum absolute atomic E-state index is 13.2. The second-order valence-electron chi connectivity index (χ2n) is 6.72. The third-order valence-electron chi connectivity index (χ3n) is 4.54. The maximum Gasteiger partial charge on any atom is 0.254 e. The number of nitriles is 1. The van der Waals surface area contributed by atoms with Gasteiger partial charge in [-0.2, -0.15) is 5.26 Å². The quantitative estimate of drug-likeness (QED) is 0.852. The molecule has 2 aromatic rings. The van der Waals surface area contributed by atoms with E-state index < -0.39 is 0 Å². The summed E-state index contributed by atoms with van der Waals surface area (Å²) in [5.41, 5.74) is 2.09. The lowest BCUT2D eigenvalue weighted by Crippen LogP contribution is -2.51. The molecule has 1 aliphatic heterocycles. The lowest BCUT2D eigenvalue weighted by atomic mass is 9.96. The standard InChI is InChI=1S/C21H23N3O2/c1-23(2)15-19-20(17-8-4-3-5-9-17)24(11-12-26-19)21(25)18-10-6-7-16(13-18)14-22/h3-10,13,19-20H,11-12,15H2,1-2H3/t19-,20-/m0/s1. The van der Waals surface area contributed by atoms with Gasteiger partial charge in [0.05, 0.1) is 30.4 Å². The second kappa shape index (κ2) is 8.13. The first-order valence-electron chi connectivity index (χ1n) is 8.72. The summed E-state index contributed by atoms with van der Waals surface area (Å²) in [5.74, 6) is -0.0667. The van der Waals surface area contributed by atoms with Gasteiger partial charge in [0.15, 0.2) is 0 Å². The van der Waals surface area contributed by atoms with Crippen LogP contribution in [0.25, 0.3) is 0 Å². The SMILES string of the molecule is CN(C)C[C@@H]1OCCN(C(=O)c2cccc(C#N)c2)[C@H]1c1ccccc1. The summed E-state index contributed by atoms with van der Waals surface area (Å²) in [5, 5.41) is 9.12. The lowest BCUT2D eigenvalue weighted by Gasteiger charge is -2.42. The number of hydrogen-bond acceptors (Lipinski definition) is 4. The van der Waals surface area contributed by atoms with E-state index in [0.29, 0.717) is 24.3 Å². The number of likely N-dealkylation sites (N-methyl/N-ethyl adjacent to an activating group) is 1. The third-order valence-corrected chi connectivity index (χ3v) is 4.54. The van der Waals surface area contributed by atoms with Gasteiger partial charge in [-0.3, -0.25) is 4.79 Å². The van der Waals surface area contributed by atoms with Crippen LogP contribution < -0.4 is 0 Å². The average molecular weight is 349 g/mol. The Bertz CT molecular complexity index is 798. The van der Waals surface area contributed by atoms with Gasteiger partial charge in [0, 0.05) is 18.7 Å². The predicted octanol–water partition coefficient (Wildman–Crippen LogP) is 2.70. The van der Waals surface area contributed by atoms with Crippen LogP contribution in [0.3, 0.4) is 0 Å². The number of benzene rings is 2. The average Bonchev–Trinajstić information content (AvgIpc) is 2.67. The third kappa shape index (κ3) is 3.93. The number of carbonyl (C=O) groups is 1. The predicted molar refractivity (Wildman–Crippen MR) is 99.7 cm³/mol. The highest BCUT2D eigenvalue weighted by atomic mass is 16.5. The van der Waals surface area contributed by atoms with E-state index in [1.165, 1.54) is 0 Å². The van der Waals surface area contributed by atoms with E-state index in [1.807, 2.05) is 49.3 Å². The summed E-state index contributed by atoms with van der Waals surface area (Å²) < 4.78 is 6.03. The van der Waals surface area contributed by atoms with E-state index in [2.05, 4.69) is 11.0 Å². The van der Waals surface area contributed by atoms with Crippen molar-refractivity contribution in [2.45, 2.75) is 12.1 Å². The molecule has 1 fully saturated rings. The number of rotatable bonds is 4. The van der Waals surface area contributed by atoms with Gasteiger partial charge in [-0.05, 0) is 37.9 Å². The van der Waals surface area contributed by atoms with Gasteiger partial charge in [-0.1, -0.05) is 36.4 Å². The molecular formula is C21H23N3O2. The van der Waals surface area contributed by atoms with Crippen LogP contribution in [0.15, 0.2) is 54.6 Å². The first kappa shape index (κ1) is 18.1. The van der Waals surface area contributed by atoms with Crippen LogP contribution >= 0.6 is 0 Å². The van der Waals surface area contributed by atoms with Gasteiger partial charge in [0.25, 0.3) is 5.91 Å². The molecule has 5 heteroatoms. The summed E-state index contributed by atoms with van der Waals surface area (Å²) in [4.78, 5) is 17.2. The molecule has 134 valence electrons. The zero-order chi connectivity index (χ0) is 18.5. The Labute approximate surface area is 154 Å². The van der Waals surface area contributed by atoms with Crippen LogP contribution in [0.2, 0.25) is 0 Å². The van der Waals surface area contributed by atoms with Crippen LogP contribution in [-0.2, 0) is 4.74 Å². The Kier molecular flexibility index (Phi) is 5.67. The molecule has 1 amide bonds. The minimum atomic E-state index is -0.161. The smallest absolute Gasteiger partial charge is 0.254 e. The fraction of sp³-hybridized carbons (Fsp3) is 0.333. The van der Waals surface area contributed by atoms with Crippen LogP contribution in [0.1, 0.15) is 27.5 Å². The van der Waals surface area contributed by atoms with Gasteiger partial charge < -0.3 is 14.5 Å². The molecule has 1 aliphatic rings. The van der Waals surface area contributed by atoms with Crippen LogP contribution in [0, 0.1) is 11.3 Å². The molecule has 0 aromatic heterocycles. The summed E-state index contributed by atoms with van der Waals surface area (Å²) >= 11 is 0. The molecule has 2 atom stereocenters. The van der Waals surface area contributed by atoms with Crippen molar-refractivity contribution in [2.75, 3.05) is 33.8 Å². The minimum Gasteiger partial charge on any atom is -0.373 e. The maximum atomic E-state index is 13.2. The van der Waals surface area contributed by atoms with Crippen LogP contribution in [-0.4, -0.2) is 55.6 Å². The number of carbonyl (C=O) groups excluding carboxylic acids is 1. The topological polar surface area (TPSA) is 56.6 Å². The summed E-state index contributed by atoms with van der Waals surface area (Å²) in [6.45, 7) is 1.76. The molecule has 26 heavy (non-hydrogen) atoms. The summed E-state index contributed by atoms with van der Waals surface area (Å²) in [6, 6.07) is 18.8. The van der Waals surface area contributed by atoms with Gasteiger partial charge >= 0.3 is 0 Å². The first-order valence-corrected chi connectivity index (χ1v) is 8.72. The Morgan fingerprint density at radius 3 is 2.69 bits per heavy atom. The van der Waals surface area contributed by atoms with Crippen molar-refractivity contribution in [1.82, 2.24) is 9.80 Å². The van der Waals surface area contributed by atoms with E-state index >= 15 is 0 Å². The van der Waals surface area contributed by atoms with Crippen molar-refractivity contribution in [3.63, 3.8) is 0 Å². The van der Waals surface area contributed by atoms with Gasteiger partial charge in [-0.15, -0.1) is 0 Å². The summed E-state index contributed by atoms with van der Waals surface area (Å²) in [7, 11) is 4.01. The monoisotopic (exact) mass is 349 g/mol. The molecule has 2 aromatic carbocycles. The molecule has 0 radical (unpaired) electrons. The van der Waals surface area contributed by atoms with Crippen molar-refractivity contribution in [2.24, 2.45) is 0 Å². The number of ether oxygens (including phenoxy) is 1. The number of morpholine rings is 1. The molecule has 3 rings (SSSR count). The minimum absolute atomic E-state index is 0.0667. The zero-order valence-electron chi connectivity index (χ0n) is 15.1. The first-order chi connectivity index (χ1) is 12.6. The van der Waals surface area contributed by atoms with Gasteiger partial charge in [-0.25, -0.2) is 0 Å². The highest BCUT2D eigenvalue weighted by Gasteiger charge is 2.36. The molecule has 5 nitrogen and oxygen atoms in total. The van der Waals surface area contributed by atoms with E-state index in [1.54, 1.807) is 24.3 Å². The van der Waals surface area contributed by atoms with Crippen molar-refractivity contribution >= 4 is 5.91 Å². The number of amides is 1. The Morgan fingerprint density at radius 2 is 2.00 bits per heavy atom. The van der Waals surface area contributed by atoms with Crippen molar-refractivity contribution in [1.29, 1.82) is 5.26 Å². The molecule has 1 saturated heterocycles. The molecule has 0 N–H and O–H groups in total. The Morgan fingerprint density at radius 1 is 1.23 bits per heavy atom. The van der Waals surface area contributed by atoms with Gasteiger partial charge in [0.1, 0.15) is 0 Å². The highest BCUT2D eigenvalue weighted by Crippen LogP contribution is 2.31. The zero-order valence-corrected chi connectivity index (χ0v) is 15.1. The van der Waals surface area contributed by atoms with E-state index in [0.717, 1.165) is 12.1 Å². The molecule has 0 spiro atoms. The lowest BCUT2D eigenvalue weighted by molar-refractivity contribution is -0.0684.